The van der Waals surface area contributed by atoms with Gasteiger partial charge < -0.3 is 33.4 Å². The van der Waals surface area contributed by atoms with E-state index in [9.17, 15) is 130 Å². The number of benzene rings is 2. The van der Waals surface area contributed by atoms with Gasteiger partial charge in [-0.1, -0.05) is 253 Å². The molecule has 43 heteroatoms. The van der Waals surface area contributed by atoms with E-state index in [2.05, 4.69) is 28.3 Å². The predicted octanol–water partition coefficient (Wildman–Crippen LogP) is 20.8. The second-order valence-corrected chi connectivity index (χ2v) is 28.7. The molecule has 5 fully saturated rings. The lowest BCUT2D eigenvalue weighted by molar-refractivity contribution is -0.0433. The molecule has 0 heterocycles. The molecular formula is C58H104F18N6O13S6-6. The van der Waals surface area contributed by atoms with Gasteiger partial charge in [-0.05, 0) is 36.5 Å². The van der Waals surface area contributed by atoms with E-state index in [-0.39, 0.29) is 19.6 Å². The first-order valence-electron chi connectivity index (χ1n) is 31.7. The van der Waals surface area contributed by atoms with Crippen LogP contribution >= 0.6 is 0 Å². The molecule has 7 rings (SSSR count). The minimum Gasteiger partial charge on any atom is -0.544 e. The average Bonchev–Trinajstić information content (AvgIpc) is 1.89. The van der Waals surface area contributed by atoms with Gasteiger partial charge in [0, 0.05) is 6.61 Å². The van der Waals surface area contributed by atoms with Gasteiger partial charge in [0.05, 0.1) is 0 Å². The Bertz CT molecular complexity index is 2590. The summed E-state index contributed by atoms with van der Waals surface area (Å²) < 4.78 is 335. The molecular weight excluding hydrogens is 1520 g/mol. The molecule has 101 heavy (non-hydrogen) atoms. The molecule has 0 atom stereocenters. The maximum absolute atomic E-state index is 11.4. The fourth-order valence-corrected chi connectivity index (χ4v) is 9.69. The van der Waals surface area contributed by atoms with Gasteiger partial charge in [-0.3, -0.25) is 0 Å². The molecule has 1 N–H and O–H groups in total. The van der Waals surface area contributed by atoms with Crippen LogP contribution in [0.15, 0.2) is 72.8 Å². The third-order valence-electron chi connectivity index (χ3n) is 11.6. The van der Waals surface area contributed by atoms with E-state index in [1.54, 1.807) is 64.2 Å². The van der Waals surface area contributed by atoms with E-state index in [0.29, 0.717) is 14.1 Å². The van der Waals surface area contributed by atoms with E-state index in [1.807, 2.05) is 142 Å². The van der Waals surface area contributed by atoms with Crippen molar-refractivity contribution >= 4 is 60.1 Å². The van der Waals surface area contributed by atoms with Crippen molar-refractivity contribution in [2.45, 2.75) is 226 Å². The van der Waals surface area contributed by atoms with Crippen LogP contribution in [0.25, 0.3) is 28.3 Å². The van der Waals surface area contributed by atoms with Gasteiger partial charge in [0.15, 0.2) is 60.1 Å². The lowest BCUT2D eigenvalue weighted by atomic mass is 10.0. The molecule has 5 aliphatic carbocycles. The SMILES string of the molecule is C1CC2CCC1C2.C1CC2CCC1C2.C1CCCCC1.CC.CC.CC.CC.CC.CC[N-]S(=O)(=O)C(F)(F)F.CC[N-]S(=O)(=O)C(F)(F)F.CC[N-]S(=O)(=O)C(F)(F)F.C[N-]S(=O)(=O)C(F)(F)F.C[N-]S(=O)(=O)C(F)(F)F.O=S(=O)([N-]CCO)C(F)(F)F.c1ccccc1.c1ccccc1. The fraction of sp³-hybridized carbons (Fsp3) is 0.793. The molecule has 5 saturated carbocycles. The first-order valence-corrected chi connectivity index (χ1v) is 40.4. The number of rotatable bonds is 11. The normalized spacial score (nSPS) is 17.3. The Morgan fingerprint density at radius 1 is 0.287 bits per heavy atom. The number of sulfonamides is 6. The zero-order valence-corrected chi connectivity index (χ0v) is 64.3. The van der Waals surface area contributed by atoms with Gasteiger partial charge in [-0.25, -0.2) is 50.5 Å². The molecule has 0 unspecified atom stereocenters. The monoisotopic (exact) mass is 1630 g/mol. The highest BCUT2D eigenvalue weighted by Gasteiger charge is 2.42. The Balaban J connectivity index is -0.000000130. The fourth-order valence-electron chi connectivity index (χ4n) is 7.35. The quantitative estimate of drug-likeness (QED) is 0.205. The first kappa shape index (κ1) is 116. The molecule has 19 nitrogen and oxygen atoms in total. The maximum atomic E-state index is 11.4. The van der Waals surface area contributed by atoms with E-state index in [0.717, 1.165) is 0 Å². The summed E-state index contributed by atoms with van der Waals surface area (Å²) >= 11 is 0. The Labute approximate surface area is 589 Å². The number of nitrogens with zero attached hydrogens (tertiary/aromatic N) is 6. The van der Waals surface area contributed by atoms with Crippen molar-refractivity contribution in [3.8, 4) is 0 Å². The Hall–Kier alpha value is -3.40. The van der Waals surface area contributed by atoms with Crippen LogP contribution in [0.5, 0.6) is 0 Å². The van der Waals surface area contributed by atoms with E-state index < -0.39 is 106 Å². The molecule has 5 aliphatic rings. The molecule has 0 radical (unpaired) electrons. The Morgan fingerprint density at radius 3 is 0.495 bits per heavy atom. The van der Waals surface area contributed by atoms with Gasteiger partial charge >= 0.3 is 33.0 Å². The van der Waals surface area contributed by atoms with Gasteiger partial charge in [-0.15, -0.1) is 26.2 Å². The standard InChI is InChI=1S/2C7H12.C6H12.2C6H6.C3H5F3NO3S.3C3H5F3NO2S.2C2H3F3NO2S.5C2H6/c2*1-2-7-4-3-6(1)5-7;3*1-2-4-6-5-3-1;4-3(5,6)11(9,10)7-1-2-8;3*1-2-7-10(8,9)3(4,5)6;2*1-6-9(7,8)2(3,4)5;5*1-2/h2*6-7H,1-5H2;1-6H2;2*1-6H;8H,1-2H2;3*2H2,1H3;2*1H3;5*1-2H3/q;;;;;6*-1;;;;;. The lowest BCUT2D eigenvalue weighted by Gasteiger charge is -2.19. The van der Waals surface area contributed by atoms with Crippen LogP contribution in [-0.2, 0) is 60.1 Å². The summed E-state index contributed by atoms with van der Waals surface area (Å²) in [6, 6.07) is 24.0. The summed E-state index contributed by atoms with van der Waals surface area (Å²) in [5, 5.41) is 7.97. The van der Waals surface area contributed by atoms with Crippen LogP contribution < -0.4 is 0 Å². The van der Waals surface area contributed by atoms with Crippen LogP contribution in [0.2, 0.25) is 0 Å². The van der Waals surface area contributed by atoms with Crippen molar-refractivity contribution in [2.24, 2.45) is 23.7 Å². The third kappa shape index (κ3) is 60.4. The molecule has 0 saturated heterocycles. The van der Waals surface area contributed by atoms with Crippen LogP contribution in [0.3, 0.4) is 0 Å². The van der Waals surface area contributed by atoms with Gasteiger partial charge in [-0.2, -0.15) is 93.1 Å². The van der Waals surface area contributed by atoms with Crippen LogP contribution in [0.1, 0.15) is 193 Å². The number of fused-ring (bicyclic) bond motifs is 4. The summed E-state index contributed by atoms with van der Waals surface area (Å²) in [6.07, 6.45) is 24.6. The third-order valence-corrected chi connectivity index (χ3v) is 18.4. The van der Waals surface area contributed by atoms with Crippen molar-refractivity contribution in [1.29, 1.82) is 0 Å². The number of hydrogen-bond acceptors (Lipinski definition) is 13. The summed E-state index contributed by atoms with van der Waals surface area (Å²) in [4.78, 5) is 0. The highest BCUT2D eigenvalue weighted by atomic mass is 32.2. The summed E-state index contributed by atoms with van der Waals surface area (Å²) in [5.41, 5.74) is -31.6. The number of aliphatic hydroxyl groups excluding tert-OH is 1. The molecule has 2 aromatic rings. The first-order chi connectivity index (χ1) is 46.3. The predicted molar refractivity (Wildman–Crippen MR) is 363 cm³/mol. The summed E-state index contributed by atoms with van der Waals surface area (Å²) in [6.45, 7) is 21.0. The van der Waals surface area contributed by atoms with Crippen LogP contribution in [0.4, 0.5) is 79.0 Å². The molecule has 0 spiro atoms. The highest BCUT2D eigenvalue weighted by Crippen LogP contribution is 2.45. The maximum Gasteiger partial charge on any atom is 0.480 e. The average molecular weight is 1630 g/mol. The molecule has 0 aromatic heterocycles. The van der Waals surface area contributed by atoms with Crippen molar-refractivity contribution in [3.63, 3.8) is 0 Å². The van der Waals surface area contributed by atoms with E-state index in [1.165, 1.54) is 83.0 Å². The second-order valence-electron chi connectivity index (χ2n) is 18.5. The second kappa shape index (κ2) is 61.7. The zero-order chi connectivity index (χ0) is 81.9. The summed E-state index contributed by atoms with van der Waals surface area (Å²) in [7, 11) is -30.3. The molecule has 2 aromatic carbocycles. The largest absolute Gasteiger partial charge is 0.544 e. The van der Waals surface area contributed by atoms with Crippen molar-refractivity contribution in [2.75, 3.05) is 46.9 Å². The number of halogens is 18. The van der Waals surface area contributed by atoms with Gasteiger partial charge in [0.2, 0.25) is 0 Å². The van der Waals surface area contributed by atoms with Crippen molar-refractivity contribution in [1.82, 2.24) is 0 Å². The number of hydrogen-bond donors (Lipinski definition) is 1. The van der Waals surface area contributed by atoms with E-state index >= 15 is 0 Å². The summed E-state index contributed by atoms with van der Waals surface area (Å²) in [5.74, 6) is 4.69. The van der Waals surface area contributed by atoms with Crippen molar-refractivity contribution < 1.29 is 135 Å². The smallest absolute Gasteiger partial charge is 0.480 e. The molecule has 4 bridgehead atoms. The number of aliphatic hydroxyl groups is 1. The van der Waals surface area contributed by atoms with Crippen LogP contribution in [-0.4, -0.2) is 136 Å². The molecule has 0 aliphatic heterocycles. The Morgan fingerprint density at radius 2 is 0.426 bits per heavy atom. The van der Waals surface area contributed by atoms with Gasteiger partial charge in [0.25, 0.3) is 0 Å². The minimum atomic E-state index is -5.39. The van der Waals surface area contributed by atoms with Crippen molar-refractivity contribution in [3.05, 3.63) is 101 Å². The lowest BCUT2D eigenvalue weighted by Crippen LogP contribution is -2.22. The minimum absolute atomic E-state index is 0.387. The zero-order valence-electron chi connectivity index (χ0n) is 59.4. The van der Waals surface area contributed by atoms with Crippen LogP contribution in [0, 0.1) is 23.7 Å². The number of alkyl halides is 18. The van der Waals surface area contributed by atoms with E-state index in [4.69, 9.17) is 5.11 Å². The Kier molecular flexibility index (Phi) is 70.9. The highest BCUT2D eigenvalue weighted by molar-refractivity contribution is 7.96. The van der Waals surface area contributed by atoms with Gasteiger partial charge in [0.1, 0.15) is 0 Å². The molecule has 0 amide bonds. The molecule has 612 valence electrons. The topological polar surface area (TPSA) is 310 Å².